The molecule has 0 bridgehead atoms. The van der Waals surface area contributed by atoms with E-state index in [0.29, 0.717) is 31.4 Å². The number of thiazole rings is 1. The van der Waals surface area contributed by atoms with E-state index in [0.717, 1.165) is 38.2 Å². The van der Waals surface area contributed by atoms with Crippen LogP contribution in [-0.2, 0) is 20.9 Å². The zero-order valence-electron chi connectivity index (χ0n) is 14.0. The summed E-state index contributed by atoms with van der Waals surface area (Å²) in [5.41, 5.74) is 0.947. The van der Waals surface area contributed by atoms with Gasteiger partial charge < -0.3 is 15.0 Å². The molecule has 1 atom stereocenters. The maximum Gasteiger partial charge on any atom is 0.227 e. The van der Waals surface area contributed by atoms with Crippen LogP contribution in [0.15, 0.2) is 5.38 Å². The van der Waals surface area contributed by atoms with Crippen molar-refractivity contribution in [1.82, 2.24) is 14.8 Å². The number of hydrogen-bond acceptors (Lipinski definition) is 6. The number of carbonyl (C=O) groups is 2. The highest BCUT2D eigenvalue weighted by Crippen LogP contribution is 2.23. The van der Waals surface area contributed by atoms with E-state index >= 15 is 0 Å². The van der Waals surface area contributed by atoms with Gasteiger partial charge in [-0.25, -0.2) is 4.98 Å². The Balaban J connectivity index is 1.54. The average molecular weight is 352 g/mol. The monoisotopic (exact) mass is 352 g/mol. The van der Waals surface area contributed by atoms with Gasteiger partial charge in [0.2, 0.25) is 11.8 Å². The molecule has 0 radical (unpaired) electrons. The van der Waals surface area contributed by atoms with Crippen LogP contribution in [0.3, 0.4) is 0 Å². The quantitative estimate of drug-likeness (QED) is 0.880. The lowest BCUT2D eigenvalue weighted by atomic mass is 9.96. The fraction of sp³-hybridized carbons (Fsp3) is 0.688. The molecule has 1 unspecified atom stereocenters. The number of carbonyl (C=O) groups excluding carboxylic acids is 2. The molecule has 2 fully saturated rings. The molecular formula is C16H24N4O3S. The Morgan fingerprint density at radius 1 is 1.38 bits per heavy atom. The highest BCUT2D eigenvalue weighted by Gasteiger charge is 2.30. The van der Waals surface area contributed by atoms with Crippen molar-refractivity contribution in [3.05, 3.63) is 11.1 Å². The van der Waals surface area contributed by atoms with Crippen molar-refractivity contribution in [1.29, 1.82) is 0 Å². The normalized spacial score (nSPS) is 22.4. The Kier molecular flexibility index (Phi) is 5.80. The standard InChI is InChI=1S/C16H24N4O3S/c1-12(21)17-16-18-14(11-24-16)10-19-4-2-3-13(9-19)15(22)20-5-7-23-8-6-20/h11,13H,2-10H2,1H3,(H,17,18,21). The van der Waals surface area contributed by atoms with Crippen LogP contribution in [0.1, 0.15) is 25.5 Å². The predicted molar refractivity (Wildman–Crippen MR) is 91.8 cm³/mol. The third kappa shape index (κ3) is 4.52. The van der Waals surface area contributed by atoms with Crippen molar-refractivity contribution in [3.63, 3.8) is 0 Å². The van der Waals surface area contributed by atoms with Gasteiger partial charge in [0, 0.05) is 38.5 Å². The summed E-state index contributed by atoms with van der Waals surface area (Å²) in [5, 5.41) is 5.32. The van der Waals surface area contributed by atoms with Crippen molar-refractivity contribution in [2.24, 2.45) is 5.92 Å². The molecule has 0 spiro atoms. The number of likely N-dealkylation sites (tertiary alicyclic amines) is 1. The number of amides is 2. The molecule has 2 saturated heterocycles. The minimum absolute atomic E-state index is 0.0744. The van der Waals surface area contributed by atoms with E-state index in [9.17, 15) is 9.59 Å². The van der Waals surface area contributed by atoms with Crippen molar-refractivity contribution in [3.8, 4) is 0 Å². The second-order valence-corrected chi connectivity index (χ2v) is 7.20. The number of rotatable bonds is 4. The first-order valence-electron chi connectivity index (χ1n) is 8.42. The van der Waals surface area contributed by atoms with Crippen molar-refractivity contribution < 1.29 is 14.3 Å². The van der Waals surface area contributed by atoms with Crippen molar-refractivity contribution >= 4 is 28.3 Å². The van der Waals surface area contributed by atoms with E-state index in [4.69, 9.17) is 4.74 Å². The molecule has 0 saturated carbocycles. The first kappa shape index (κ1) is 17.3. The van der Waals surface area contributed by atoms with Gasteiger partial charge in [0.05, 0.1) is 24.8 Å². The number of hydrogen-bond donors (Lipinski definition) is 1. The number of aromatic nitrogens is 1. The average Bonchev–Trinajstić information content (AvgIpc) is 3.01. The molecule has 3 rings (SSSR count). The predicted octanol–water partition coefficient (Wildman–Crippen LogP) is 1.17. The molecule has 1 aromatic rings. The molecule has 132 valence electrons. The number of piperidine rings is 1. The van der Waals surface area contributed by atoms with Crippen LogP contribution in [0.2, 0.25) is 0 Å². The summed E-state index contributed by atoms with van der Waals surface area (Å²) in [4.78, 5) is 32.4. The van der Waals surface area contributed by atoms with E-state index in [-0.39, 0.29) is 17.7 Å². The molecular weight excluding hydrogens is 328 g/mol. The van der Waals surface area contributed by atoms with Gasteiger partial charge in [-0.15, -0.1) is 11.3 Å². The van der Waals surface area contributed by atoms with E-state index in [2.05, 4.69) is 15.2 Å². The lowest BCUT2D eigenvalue weighted by Crippen LogP contribution is -2.48. The number of nitrogens with one attached hydrogen (secondary N) is 1. The van der Waals surface area contributed by atoms with Gasteiger partial charge in [0.15, 0.2) is 5.13 Å². The summed E-state index contributed by atoms with van der Waals surface area (Å²) < 4.78 is 5.33. The summed E-state index contributed by atoms with van der Waals surface area (Å²) in [6.45, 7) is 6.68. The topological polar surface area (TPSA) is 74.8 Å². The van der Waals surface area contributed by atoms with Gasteiger partial charge >= 0.3 is 0 Å². The first-order chi connectivity index (χ1) is 11.6. The fourth-order valence-electron chi connectivity index (χ4n) is 3.26. The smallest absolute Gasteiger partial charge is 0.227 e. The number of nitrogens with zero attached hydrogens (tertiary/aromatic N) is 3. The number of anilines is 1. The van der Waals surface area contributed by atoms with Crippen molar-refractivity contribution in [2.75, 3.05) is 44.7 Å². The van der Waals surface area contributed by atoms with Crippen LogP contribution in [-0.4, -0.2) is 66.0 Å². The third-order valence-electron chi connectivity index (χ3n) is 4.40. The molecule has 2 aliphatic rings. The van der Waals surface area contributed by atoms with Gasteiger partial charge in [0.25, 0.3) is 0 Å². The molecule has 0 aromatic carbocycles. The van der Waals surface area contributed by atoms with E-state index < -0.39 is 0 Å². The first-order valence-corrected chi connectivity index (χ1v) is 9.30. The Morgan fingerprint density at radius 3 is 2.92 bits per heavy atom. The van der Waals surface area contributed by atoms with Crippen LogP contribution in [0.4, 0.5) is 5.13 Å². The maximum absolute atomic E-state index is 12.7. The van der Waals surface area contributed by atoms with Gasteiger partial charge in [-0.3, -0.25) is 14.5 Å². The van der Waals surface area contributed by atoms with E-state index in [1.54, 1.807) is 0 Å². The van der Waals surface area contributed by atoms with E-state index in [1.807, 2.05) is 10.3 Å². The minimum atomic E-state index is -0.106. The second-order valence-electron chi connectivity index (χ2n) is 6.34. The summed E-state index contributed by atoms with van der Waals surface area (Å²) in [7, 11) is 0. The summed E-state index contributed by atoms with van der Waals surface area (Å²) in [6, 6.07) is 0. The maximum atomic E-state index is 12.7. The molecule has 2 aliphatic heterocycles. The zero-order chi connectivity index (χ0) is 16.9. The zero-order valence-corrected chi connectivity index (χ0v) is 14.8. The highest BCUT2D eigenvalue weighted by molar-refractivity contribution is 7.13. The van der Waals surface area contributed by atoms with Crippen LogP contribution < -0.4 is 5.32 Å². The Labute approximate surface area is 146 Å². The molecule has 7 nitrogen and oxygen atoms in total. The lowest BCUT2D eigenvalue weighted by molar-refractivity contribution is -0.141. The lowest BCUT2D eigenvalue weighted by Gasteiger charge is -2.36. The van der Waals surface area contributed by atoms with Crippen LogP contribution in [0.5, 0.6) is 0 Å². The Morgan fingerprint density at radius 2 is 2.17 bits per heavy atom. The second kappa shape index (κ2) is 8.04. The van der Waals surface area contributed by atoms with Gasteiger partial charge in [-0.05, 0) is 19.4 Å². The van der Waals surface area contributed by atoms with Gasteiger partial charge in [0.1, 0.15) is 0 Å². The number of ether oxygens (including phenoxy) is 1. The SMILES string of the molecule is CC(=O)Nc1nc(CN2CCCC(C(=O)N3CCOCC3)C2)cs1. The molecule has 1 N–H and O–H groups in total. The molecule has 2 amide bonds. The summed E-state index contributed by atoms with van der Waals surface area (Å²) in [6.07, 6.45) is 1.99. The highest BCUT2D eigenvalue weighted by atomic mass is 32.1. The summed E-state index contributed by atoms with van der Waals surface area (Å²) >= 11 is 1.44. The molecule has 24 heavy (non-hydrogen) atoms. The van der Waals surface area contributed by atoms with Gasteiger partial charge in [-0.1, -0.05) is 0 Å². The summed E-state index contributed by atoms with van der Waals surface area (Å²) in [5.74, 6) is 0.232. The van der Waals surface area contributed by atoms with Crippen LogP contribution >= 0.6 is 11.3 Å². The minimum Gasteiger partial charge on any atom is -0.378 e. The molecule has 8 heteroatoms. The van der Waals surface area contributed by atoms with E-state index in [1.165, 1.54) is 18.3 Å². The Hall–Kier alpha value is -1.51. The largest absolute Gasteiger partial charge is 0.378 e. The molecule has 0 aliphatic carbocycles. The fourth-order valence-corrected chi connectivity index (χ4v) is 4.01. The number of morpholine rings is 1. The third-order valence-corrected chi connectivity index (χ3v) is 5.20. The molecule has 3 heterocycles. The molecule has 1 aromatic heterocycles. The Bertz CT molecular complexity index is 586. The van der Waals surface area contributed by atoms with Crippen molar-refractivity contribution in [2.45, 2.75) is 26.3 Å². The van der Waals surface area contributed by atoms with Gasteiger partial charge in [-0.2, -0.15) is 0 Å². The van der Waals surface area contributed by atoms with Crippen LogP contribution in [0, 0.1) is 5.92 Å². The van der Waals surface area contributed by atoms with Crippen LogP contribution in [0.25, 0.3) is 0 Å².